The molecule has 2 aliphatic rings. The Kier molecular flexibility index (Phi) is 2.24. The van der Waals surface area contributed by atoms with Crippen molar-refractivity contribution in [3.63, 3.8) is 0 Å². The second-order valence-electron chi connectivity index (χ2n) is 5.09. The molecule has 70 valence electrons. The van der Waals surface area contributed by atoms with Crippen molar-refractivity contribution in [3.05, 3.63) is 0 Å². The van der Waals surface area contributed by atoms with Gasteiger partial charge in [-0.2, -0.15) is 0 Å². The number of hydrogen-bond acceptors (Lipinski definition) is 1. The summed E-state index contributed by atoms with van der Waals surface area (Å²) in [6.45, 7) is 8.60. The van der Waals surface area contributed by atoms with E-state index in [-0.39, 0.29) is 0 Å². The lowest BCUT2D eigenvalue weighted by molar-refractivity contribution is 0.282. The first-order valence-electron chi connectivity index (χ1n) is 4.94. The molecule has 1 atom stereocenters. The third kappa shape index (κ3) is 1.85. The molecule has 1 aliphatic heterocycles. The van der Waals surface area contributed by atoms with Crippen molar-refractivity contribution in [1.29, 1.82) is 0 Å². The predicted octanol–water partition coefficient (Wildman–Crippen LogP) is 2.50. The van der Waals surface area contributed by atoms with E-state index >= 15 is 0 Å². The number of likely N-dealkylation sites (tertiary alicyclic amines) is 1. The van der Waals surface area contributed by atoms with Crippen molar-refractivity contribution in [2.45, 2.75) is 31.5 Å². The normalized spacial score (nSPS) is 35.8. The van der Waals surface area contributed by atoms with Gasteiger partial charge in [-0.3, -0.25) is 0 Å². The summed E-state index contributed by atoms with van der Waals surface area (Å²) < 4.78 is 0. The first-order valence-corrected chi connectivity index (χ1v) is 5.86. The van der Waals surface area contributed by atoms with Crippen molar-refractivity contribution in [1.82, 2.24) is 4.90 Å². The van der Waals surface area contributed by atoms with Gasteiger partial charge in [-0.05, 0) is 24.2 Å². The van der Waals surface area contributed by atoms with E-state index in [0.29, 0.717) is 10.2 Å². The molecule has 1 nitrogen and oxygen atoms in total. The lowest BCUT2D eigenvalue weighted by atomic mass is 9.93. The fourth-order valence-electron chi connectivity index (χ4n) is 2.02. The average molecular weight is 232 g/mol. The number of hydrogen-bond donors (Lipinski definition) is 0. The molecule has 0 aromatic rings. The molecule has 0 N–H and O–H groups in total. The highest BCUT2D eigenvalue weighted by Gasteiger charge is 2.39. The summed E-state index contributed by atoms with van der Waals surface area (Å²) in [4.78, 5) is 3.32. The second kappa shape index (κ2) is 2.98. The van der Waals surface area contributed by atoms with E-state index in [1.807, 2.05) is 0 Å². The zero-order chi connectivity index (χ0) is 8.77. The monoisotopic (exact) mass is 231 g/mol. The van der Waals surface area contributed by atoms with Gasteiger partial charge in [-0.1, -0.05) is 29.8 Å². The summed E-state index contributed by atoms with van der Waals surface area (Å²) in [6, 6.07) is 0. The van der Waals surface area contributed by atoms with Crippen LogP contribution in [0, 0.1) is 11.3 Å². The standard InChI is InChI=1S/C10H18BrN/c1-10(2)7-12(6-9(10)11)5-8-3-4-8/h8-9H,3-7H2,1-2H3. The maximum atomic E-state index is 3.77. The third-order valence-corrected chi connectivity index (χ3v) is 4.64. The molecule has 0 amide bonds. The van der Waals surface area contributed by atoms with Gasteiger partial charge >= 0.3 is 0 Å². The average Bonchev–Trinajstić information content (AvgIpc) is 2.65. The van der Waals surface area contributed by atoms with E-state index in [2.05, 4.69) is 34.7 Å². The molecule has 12 heavy (non-hydrogen) atoms. The molecule has 0 radical (unpaired) electrons. The van der Waals surface area contributed by atoms with E-state index in [4.69, 9.17) is 0 Å². The SMILES string of the molecule is CC1(C)CN(CC2CC2)CC1Br. The van der Waals surface area contributed by atoms with Crippen LogP contribution in [0.3, 0.4) is 0 Å². The summed E-state index contributed by atoms with van der Waals surface area (Å²) in [6.07, 6.45) is 2.95. The highest BCUT2D eigenvalue weighted by Crippen LogP contribution is 2.38. The van der Waals surface area contributed by atoms with Crippen LogP contribution in [-0.4, -0.2) is 29.4 Å². The summed E-state index contributed by atoms with van der Waals surface area (Å²) in [5.41, 5.74) is 0.481. The van der Waals surface area contributed by atoms with Crippen LogP contribution < -0.4 is 0 Å². The second-order valence-corrected chi connectivity index (χ2v) is 6.20. The first kappa shape index (κ1) is 9.01. The minimum Gasteiger partial charge on any atom is -0.301 e. The van der Waals surface area contributed by atoms with Crippen molar-refractivity contribution in [2.24, 2.45) is 11.3 Å². The molecule has 1 aliphatic carbocycles. The molecule has 2 heteroatoms. The van der Waals surface area contributed by atoms with Crippen LogP contribution in [0.2, 0.25) is 0 Å². The van der Waals surface area contributed by atoms with Gasteiger partial charge in [0.1, 0.15) is 0 Å². The van der Waals surface area contributed by atoms with E-state index in [1.54, 1.807) is 0 Å². The molecule has 2 fully saturated rings. The lowest BCUT2D eigenvalue weighted by Crippen LogP contribution is -2.25. The molecule has 0 spiro atoms. The highest BCUT2D eigenvalue weighted by atomic mass is 79.9. The summed E-state index contributed by atoms with van der Waals surface area (Å²) in [5.74, 6) is 1.04. The Morgan fingerprint density at radius 3 is 2.50 bits per heavy atom. The third-order valence-electron chi connectivity index (χ3n) is 3.11. The topological polar surface area (TPSA) is 3.24 Å². The van der Waals surface area contributed by atoms with Gasteiger partial charge in [-0.25, -0.2) is 0 Å². The van der Waals surface area contributed by atoms with Gasteiger partial charge in [0.2, 0.25) is 0 Å². The molecule has 0 aromatic carbocycles. The largest absolute Gasteiger partial charge is 0.301 e. The summed E-state index contributed by atoms with van der Waals surface area (Å²) in [7, 11) is 0. The van der Waals surface area contributed by atoms with Crippen LogP contribution in [0.15, 0.2) is 0 Å². The van der Waals surface area contributed by atoms with E-state index in [9.17, 15) is 0 Å². The number of halogens is 1. The number of rotatable bonds is 2. The summed E-state index contributed by atoms with van der Waals surface area (Å²) >= 11 is 3.77. The van der Waals surface area contributed by atoms with Crippen LogP contribution in [0.4, 0.5) is 0 Å². The summed E-state index contributed by atoms with van der Waals surface area (Å²) in [5, 5.41) is 0. The minimum atomic E-state index is 0.481. The Balaban J connectivity index is 1.86. The highest BCUT2D eigenvalue weighted by molar-refractivity contribution is 9.09. The molecule has 1 saturated heterocycles. The molecule has 1 heterocycles. The quantitative estimate of drug-likeness (QED) is 0.661. The van der Waals surface area contributed by atoms with E-state index in [0.717, 1.165) is 5.92 Å². The zero-order valence-electron chi connectivity index (χ0n) is 8.02. The minimum absolute atomic E-state index is 0.481. The van der Waals surface area contributed by atoms with Crippen molar-refractivity contribution >= 4 is 15.9 Å². The fourth-order valence-corrected chi connectivity index (χ4v) is 2.57. The first-order chi connectivity index (χ1) is 5.58. The van der Waals surface area contributed by atoms with E-state index < -0.39 is 0 Å². The van der Waals surface area contributed by atoms with Gasteiger partial charge in [0.25, 0.3) is 0 Å². The zero-order valence-corrected chi connectivity index (χ0v) is 9.60. The van der Waals surface area contributed by atoms with Crippen molar-refractivity contribution in [3.8, 4) is 0 Å². The molecular formula is C10H18BrN. The maximum Gasteiger partial charge on any atom is 0.0336 e. The molecule has 1 saturated carbocycles. The molecule has 0 aromatic heterocycles. The Hall–Kier alpha value is 0.440. The van der Waals surface area contributed by atoms with Crippen molar-refractivity contribution in [2.75, 3.05) is 19.6 Å². The number of alkyl halides is 1. The van der Waals surface area contributed by atoms with Gasteiger partial charge in [0.15, 0.2) is 0 Å². The van der Waals surface area contributed by atoms with Crippen LogP contribution >= 0.6 is 15.9 Å². The molecule has 0 bridgehead atoms. The van der Waals surface area contributed by atoms with Crippen molar-refractivity contribution < 1.29 is 0 Å². The number of nitrogens with zero attached hydrogens (tertiary/aromatic N) is 1. The predicted molar refractivity (Wildman–Crippen MR) is 55.7 cm³/mol. The molecular weight excluding hydrogens is 214 g/mol. The maximum absolute atomic E-state index is 3.77. The Morgan fingerprint density at radius 1 is 1.42 bits per heavy atom. The Labute approximate surface area is 83.6 Å². The fraction of sp³-hybridized carbons (Fsp3) is 1.00. The Bertz CT molecular complexity index is 175. The lowest BCUT2D eigenvalue weighted by Gasteiger charge is -2.21. The van der Waals surface area contributed by atoms with Crippen LogP contribution in [-0.2, 0) is 0 Å². The van der Waals surface area contributed by atoms with Gasteiger partial charge in [0, 0.05) is 24.5 Å². The van der Waals surface area contributed by atoms with Crippen LogP contribution in [0.25, 0.3) is 0 Å². The van der Waals surface area contributed by atoms with E-state index in [1.165, 1.54) is 32.5 Å². The van der Waals surface area contributed by atoms with Gasteiger partial charge in [0.05, 0.1) is 0 Å². The molecule has 2 rings (SSSR count). The molecule has 1 unspecified atom stereocenters. The smallest absolute Gasteiger partial charge is 0.0336 e. The van der Waals surface area contributed by atoms with Crippen LogP contribution in [0.1, 0.15) is 26.7 Å². The van der Waals surface area contributed by atoms with Crippen LogP contribution in [0.5, 0.6) is 0 Å². The van der Waals surface area contributed by atoms with Gasteiger partial charge in [-0.15, -0.1) is 0 Å². The van der Waals surface area contributed by atoms with Gasteiger partial charge < -0.3 is 4.90 Å². The Morgan fingerprint density at radius 2 is 2.08 bits per heavy atom.